The van der Waals surface area contributed by atoms with Crippen LogP contribution in [-0.2, 0) is 11.8 Å². The smallest absolute Gasteiger partial charge is 0.249 e. The third-order valence-electron chi connectivity index (χ3n) is 2.35. The van der Waals surface area contributed by atoms with Crippen molar-refractivity contribution in [2.24, 2.45) is 7.05 Å². The van der Waals surface area contributed by atoms with Gasteiger partial charge in [0.15, 0.2) is 0 Å². The molecule has 92 valence electrons. The first-order valence-electron chi connectivity index (χ1n) is 5.56. The Balaban J connectivity index is 2.01. The van der Waals surface area contributed by atoms with Crippen LogP contribution in [0.5, 0.6) is 0 Å². The summed E-state index contributed by atoms with van der Waals surface area (Å²) in [5.74, 6) is 0.465. The summed E-state index contributed by atoms with van der Waals surface area (Å²) < 4.78 is 1.63. The first-order valence-corrected chi connectivity index (χ1v) is 5.56. The van der Waals surface area contributed by atoms with E-state index in [1.165, 1.54) is 6.08 Å². The summed E-state index contributed by atoms with van der Waals surface area (Å²) in [6, 6.07) is 7.34. The molecule has 0 atom stereocenters. The van der Waals surface area contributed by atoms with Crippen LogP contribution in [0.25, 0.3) is 6.08 Å². The van der Waals surface area contributed by atoms with Crippen molar-refractivity contribution in [1.82, 2.24) is 14.8 Å². The lowest BCUT2D eigenvalue weighted by Crippen LogP contribution is -2.11. The lowest BCUT2D eigenvalue weighted by molar-refractivity contribution is -0.111. The summed E-state index contributed by atoms with van der Waals surface area (Å²) in [5, 5.41) is 6.90. The number of aromatic nitrogens is 3. The van der Waals surface area contributed by atoms with Gasteiger partial charge in [-0.2, -0.15) is 5.10 Å². The Kier molecular flexibility index (Phi) is 3.52. The van der Waals surface area contributed by atoms with Crippen LogP contribution in [-0.4, -0.2) is 20.7 Å². The molecule has 0 saturated heterocycles. The van der Waals surface area contributed by atoms with Crippen molar-refractivity contribution in [3.63, 3.8) is 0 Å². The molecule has 2 aromatic heterocycles. The lowest BCUT2D eigenvalue weighted by atomic mass is 10.3. The highest BCUT2D eigenvalue weighted by Gasteiger charge is 2.03. The van der Waals surface area contributed by atoms with E-state index in [4.69, 9.17) is 0 Å². The Morgan fingerprint density at radius 3 is 2.89 bits per heavy atom. The minimum Gasteiger partial charge on any atom is -0.307 e. The number of anilines is 1. The SMILES string of the molecule is Cc1cc(NC(=O)/C=C/c2ccccn2)n(C)n1. The third kappa shape index (κ3) is 3.04. The Morgan fingerprint density at radius 1 is 1.44 bits per heavy atom. The Labute approximate surface area is 105 Å². The van der Waals surface area contributed by atoms with E-state index in [1.54, 1.807) is 24.0 Å². The minimum atomic E-state index is -0.205. The summed E-state index contributed by atoms with van der Waals surface area (Å²) >= 11 is 0. The molecule has 0 radical (unpaired) electrons. The average molecular weight is 242 g/mol. The van der Waals surface area contributed by atoms with Gasteiger partial charge in [-0.1, -0.05) is 6.07 Å². The molecule has 2 rings (SSSR count). The minimum absolute atomic E-state index is 0.205. The lowest BCUT2D eigenvalue weighted by Gasteiger charge is -2.01. The van der Waals surface area contributed by atoms with Gasteiger partial charge in [-0.3, -0.25) is 14.5 Å². The molecule has 18 heavy (non-hydrogen) atoms. The Hall–Kier alpha value is -2.43. The van der Waals surface area contributed by atoms with Crippen LogP contribution < -0.4 is 5.32 Å². The van der Waals surface area contributed by atoms with Crippen molar-refractivity contribution in [1.29, 1.82) is 0 Å². The zero-order valence-corrected chi connectivity index (χ0v) is 10.3. The second-order valence-corrected chi connectivity index (χ2v) is 3.87. The normalized spacial score (nSPS) is 10.8. The summed E-state index contributed by atoms with van der Waals surface area (Å²) in [4.78, 5) is 15.8. The largest absolute Gasteiger partial charge is 0.307 e. The summed E-state index contributed by atoms with van der Waals surface area (Å²) in [7, 11) is 1.78. The molecule has 1 amide bonds. The summed E-state index contributed by atoms with van der Waals surface area (Å²) in [6.07, 6.45) is 4.80. The molecule has 5 nitrogen and oxygen atoms in total. The van der Waals surface area contributed by atoms with Crippen molar-refractivity contribution in [3.8, 4) is 0 Å². The number of aryl methyl sites for hydroxylation is 2. The second-order valence-electron chi connectivity index (χ2n) is 3.87. The molecule has 0 spiro atoms. The van der Waals surface area contributed by atoms with Crippen molar-refractivity contribution in [3.05, 3.63) is 47.9 Å². The maximum absolute atomic E-state index is 11.7. The highest BCUT2D eigenvalue weighted by atomic mass is 16.1. The number of hydrogen-bond donors (Lipinski definition) is 1. The number of rotatable bonds is 3. The predicted octanol–water partition coefficient (Wildman–Crippen LogP) is 1.78. The molecule has 0 aliphatic heterocycles. The van der Waals surface area contributed by atoms with E-state index >= 15 is 0 Å². The average Bonchev–Trinajstić information content (AvgIpc) is 2.67. The molecule has 0 bridgehead atoms. The zero-order chi connectivity index (χ0) is 13.0. The summed E-state index contributed by atoms with van der Waals surface area (Å²) in [5.41, 5.74) is 1.61. The number of hydrogen-bond acceptors (Lipinski definition) is 3. The van der Waals surface area contributed by atoms with Gasteiger partial charge in [0.1, 0.15) is 5.82 Å². The standard InChI is InChI=1S/C13H14N4O/c1-10-9-12(17(2)16-10)15-13(18)7-6-11-5-3-4-8-14-11/h3-9H,1-2H3,(H,15,18)/b7-6+. The van der Waals surface area contributed by atoms with E-state index in [1.807, 2.05) is 31.2 Å². The molecule has 0 aliphatic carbocycles. The van der Waals surface area contributed by atoms with Crippen LogP contribution in [0.1, 0.15) is 11.4 Å². The number of carbonyl (C=O) groups excluding carboxylic acids is 1. The molecule has 0 unspecified atom stereocenters. The molecule has 0 fully saturated rings. The number of amides is 1. The monoisotopic (exact) mass is 242 g/mol. The molecular formula is C13H14N4O. The number of pyridine rings is 1. The number of nitrogens with zero attached hydrogens (tertiary/aromatic N) is 3. The predicted molar refractivity (Wildman–Crippen MR) is 69.8 cm³/mol. The summed E-state index contributed by atoms with van der Waals surface area (Å²) in [6.45, 7) is 1.87. The van der Waals surface area contributed by atoms with Crippen molar-refractivity contribution in [2.75, 3.05) is 5.32 Å². The van der Waals surface area contributed by atoms with Gasteiger partial charge in [-0.25, -0.2) is 0 Å². The van der Waals surface area contributed by atoms with Gasteiger partial charge in [-0.05, 0) is 25.1 Å². The fourth-order valence-electron chi connectivity index (χ4n) is 1.53. The van der Waals surface area contributed by atoms with Gasteiger partial charge in [0.2, 0.25) is 5.91 Å². The van der Waals surface area contributed by atoms with Gasteiger partial charge >= 0.3 is 0 Å². The molecule has 5 heteroatoms. The van der Waals surface area contributed by atoms with Crippen LogP contribution in [0.15, 0.2) is 36.5 Å². The third-order valence-corrected chi connectivity index (χ3v) is 2.35. The van der Waals surface area contributed by atoms with E-state index in [2.05, 4.69) is 15.4 Å². The van der Waals surface area contributed by atoms with E-state index in [9.17, 15) is 4.79 Å². The molecular weight excluding hydrogens is 228 g/mol. The van der Waals surface area contributed by atoms with Gasteiger partial charge in [0.25, 0.3) is 0 Å². The van der Waals surface area contributed by atoms with Gasteiger partial charge in [-0.15, -0.1) is 0 Å². The maximum Gasteiger partial charge on any atom is 0.249 e. The van der Waals surface area contributed by atoms with Crippen molar-refractivity contribution >= 4 is 17.8 Å². The highest BCUT2D eigenvalue weighted by molar-refractivity contribution is 6.01. The van der Waals surface area contributed by atoms with Crippen molar-refractivity contribution < 1.29 is 4.79 Å². The van der Waals surface area contributed by atoms with Gasteiger partial charge in [0, 0.05) is 25.4 Å². The van der Waals surface area contributed by atoms with Crippen LogP contribution in [0.2, 0.25) is 0 Å². The van der Waals surface area contributed by atoms with Gasteiger partial charge in [0.05, 0.1) is 11.4 Å². The molecule has 0 saturated carbocycles. The van der Waals surface area contributed by atoms with E-state index < -0.39 is 0 Å². The van der Waals surface area contributed by atoms with E-state index in [0.29, 0.717) is 5.82 Å². The van der Waals surface area contributed by atoms with Crippen LogP contribution in [0.3, 0.4) is 0 Å². The quantitative estimate of drug-likeness (QED) is 0.834. The molecule has 0 aromatic carbocycles. The number of carbonyl (C=O) groups is 1. The first-order chi connectivity index (χ1) is 8.65. The topological polar surface area (TPSA) is 59.8 Å². The second kappa shape index (κ2) is 5.27. The molecule has 1 N–H and O–H groups in total. The highest BCUT2D eigenvalue weighted by Crippen LogP contribution is 2.08. The maximum atomic E-state index is 11.7. The van der Waals surface area contributed by atoms with E-state index in [-0.39, 0.29) is 5.91 Å². The Morgan fingerprint density at radius 2 is 2.28 bits per heavy atom. The molecule has 0 aliphatic rings. The molecule has 2 aromatic rings. The number of nitrogens with one attached hydrogen (secondary N) is 1. The fourth-order valence-corrected chi connectivity index (χ4v) is 1.53. The van der Waals surface area contributed by atoms with Crippen LogP contribution in [0.4, 0.5) is 5.82 Å². The van der Waals surface area contributed by atoms with Crippen LogP contribution in [0, 0.1) is 6.92 Å². The van der Waals surface area contributed by atoms with Gasteiger partial charge < -0.3 is 5.32 Å². The Bertz CT molecular complexity index is 572. The molecule has 2 heterocycles. The van der Waals surface area contributed by atoms with Crippen LogP contribution >= 0.6 is 0 Å². The van der Waals surface area contributed by atoms with Crippen molar-refractivity contribution in [2.45, 2.75) is 6.92 Å². The van der Waals surface area contributed by atoms with E-state index in [0.717, 1.165) is 11.4 Å². The fraction of sp³-hybridized carbons (Fsp3) is 0.154. The zero-order valence-electron chi connectivity index (χ0n) is 10.3. The first kappa shape index (κ1) is 12.0.